The number of rotatable bonds is 11. The fourth-order valence-corrected chi connectivity index (χ4v) is 7.18. The minimum absolute atomic E-state index is 0.0256. The van der Waals surface area contributed by atoms with Crippen molar-refractivity contribution in [2.75, 3.05) is 39.9 Å². The molecule has 2 aromatic rings. The third-order valence-corrected chi connectivity index (χ3v) is 9.44. The van der Waals surface area contributed by atoms with Gasteiger partial charge in [0.2, 0.25) is 15.9 Å². The highest BCUT2D eigenvalue weighted by atomic mass is 32.2. The number of carbonyl (C=O) groups excluding carboxylic acids is 2. The lowest BCUT2D eigenvalue weighted by Crippen LogP contribution is -2.56. The zero-order valence-corrected chi connectivity index (χ0v) is 27.1. The second-order valence-corrected chi connectivity index (χ2v) is 13.6. The Morgan fingerprint density at radius 3 is 1.98 bits per heavy atom. The van der Waals surface area contributed by atoms with E-state index in [1.54, 1.807) is 29.2 Å². The molecule has 0 aliphatic carbocycles. The first-order valence-corrected chi connectivity index (χ1v) is 16.3. The van der Waals surface area contributed by atoms with E-state index in [2.05, 4.69) is 18.6 Å². The number of aliphatic hydroxyl groups is 1. The van der Waals surface area contributed by atoms with Crippen LogP contribution in [0, 0.1) is 5.41 Å². The predicted octanol–water partition coefficient (Wildman–Crippen LogP) is 4.22. The molecule has 0 unspecified atom stereocenters. The van der Waals surface area contributed by atoms with Crippen molar-refractivity contribution < 1.29 is 27.9 Å². The van der Waals surface area contributed by atoms with Crippen LogP contribution >= 0.6 is 0 Å². The SMILES string of the molecule is COC(=O)N1CCN(C(=O)[C@H](Cc2cccc(C(=N)CO)c2)NS(=O)(=O)c2c(C(C)C)cc(C(C)C)cc2C(C)C)CC1. The highest BCUT2D eigenvalue weighted by Crippen LogP contribution is 2.35. The van der Waals surface area contributed by atoms with Crippen LogP contribution in [-0.4, -0.2) is 87.0 Å². The maximum Gasteiger partial charge on any atom is 0.409 e. The molecule has 0 saturated carbocycles. The molecule has 0 aromatic heterocycles. The number of nitrogens with zero attached hydrogens (tertiary/aromatic N) is 2. The maximum atomic E-state index is 14.3. The molecule has 2 aromatic carbocycles. The zero-order chi connectivity index (χ0) is 32.1. The summed E-state index contributed by atoms with van der Waals surface area (Å²) < 4.78 is 36.3. The van der Waals surface area contributed by atoms with Crippen molar-refractivity contribution in [1.29, 1.82) is 5.41 Å². The van der Waals surface area contributed by atoms with Crippen LogP contribution in [0.25, 0.3) is 0 Å². The summed E-state index contributed by atoms with van der Waals surface area (Å²) in [6.45, 7) is 12.6. The van der Waals surface area contributed by atoms with E-state index in [0.29, 0.717) is 22.3 Å². The Morgan fingerprint density at radius 1 is 0.930 bits per heavy atom. The summed E-state index contributed by atoms with van der Waals surface area (Å²) in [5.41, 5.74) is 3.64. The summed E-state index contributed by atoms with van der Waals surface area (Å²) in [7, 11) is -2.88. The molecule has 1 aliphatic heterocycles. The first kappa shape index (κ1) is 34.2. The number of methoxy groups -OCH3 is 1. The van der Waals surface area contributed by atoms with Crippen LogP contribution in [0.5, 0.6) is 0 Å². The van der Waals surface area contributed by atoms with Gasteiger partial charge in [0.05, 0.1) is 24.3 Å². The van der Waals surface area contributed by atoms with Crippen LogP contribution in [0.3, 0.4) is 0 Å². The lowest BCUT2D eigenvalue weighted by atomic mass is 9.89. The smallest absolute Gasteiger partial charge is 0.409 e. The molecule has 0 radical (unpaired) electrons. The molecule has 11 heteroatoms. The second kappa shape index (κ2) is 14.5. The molecule has 2 amide bonds. The molecule has 1 saturated heterocycles. The normalized spacial score (nSPS) is 14.9. The van der Waals surface area contributed by atoms with Gasteiger partial charge in [-0.3, -0.25) is 4.79 Å². The summed E-state index contributed by atoms with van der Waals surface area (Å²) >= 11 is 0. The monoisotopic (exact) mass is 614 g/mol. The Bertz CT molecular complexity index is 1400. The molecule has 3 N–H and O–H groups in total. The van der Waals surface area contributed by atoms with Gasteiger partial charge >= 0.3 is 6.09 Å². The van der Waals surface area contributed by atoms with Gasteiger partial charge < -0.3 is 25.1 Å². The maximum absolute atomic E-state index is 14.3. The van der Waals surface area contributed by atoms with Crippen molar-refractivity contribution in [3.05, 3.63) is 64.2 Å². The van der Waals surface area contributed by atoms with Crippen molar-refractivity contribution in [2.45, 2.75) is 76.7 Å². The third kappa shape index (κ3) is 8.21. The number of hydrogen-bond acceptors (Lipinski definition) is 7. The van der Waals surface area contributed by atoms with Crippen molar-refractivity contribution in [3.8, 4) is 0 Å². The van der Waals surface area contributed by atoms with Crippen LogP contribution in [0.1, 0.15) is 87.1 Å². The summed E-state index contributed by atoms with van der Waals surface area (Å²) in [4.78, 5) is 29.3. The molecule has 1 fully saturated rings. The lowest BCUT2D eigenvalue weighted by Gasteiger charge is -2.36. The number of piperazine rings is 1. The number of hydrogen-bond donors (Lipinski definition) is 3. The van der Waals surface area contributed by atoms with Crippen LogP contribution in [-0.2, 0) is 26.0 Å². The van der Waals surface area contributed by atoms with E-state index in [-0.39, 0.29) is 61.0 Å². The average Bonchev–Trinajstić information content (AvgIpc) is 2.98. The first-order valence-electron chi connectivity index (χ1n) is 14.8. The minimum Gasteiger partial charge on any atom is -0.453 e. The molecule has 0 spiro atoms. The molecule has 10 nitrogen and oxygen atoms in total. The minimum atomic E-state index is -4.18. The van der Waals surface area contributed by atoms with Gasteiger partial charge in [0.25, 0.3) is 0 Å². The van der Waals surface area contributed by atoms with Gasteiger partial charge in [-0.2, -0.15) is 4.72 Å². The molecule has 1 atom stereocenters. The number of benzene rings is 2. The zero-order valence-electron chi connectivity index (χ0n) is 26.3. The lowest BCUT2D eigenvalue weighted by molar-refractivity contribution is -0.134. The molecule has 0 bridgehead atoms. The van der Waals surface area contributed by atoms with Crippen molar-refractivity contribution in [2.24, 2.45) is 0 Å². The molecule has 1 heterocycles. The standard InChI is InChI=1S/C32H46N4O6S/c1-20(2)25-17-26(21(3)4)30(27(18-25)22(5)6)43(40,41)34-29(16-23-9-8-10-24(15-23)28(33)19-37)31(38)35-11-13-36(14-12-35)32(39)42-7/h8-10,15,17-18,20-22,29,33-34,37H,11-14,16,19H2,1-7H3/t29-/m0/s1. The topological polar surface area (TPSA) is 140 Å². The van der Waals surface area contributed by atoms with Gasteiger partial charge in [-0.1, -0.05) is 71.9 Å². The van der Waals surface area contributed by atoms with Crippen LogP contribution in [0.15, 0.2) is 41.3 Å². The molecule has 3 rings (SSSR count). The van der Waals surface area contributed by atoms with Gasteiger partial charge in [-0.15, -0.1) is 0 Å². The second-order valence-electron chi connectivity index (χ2n) is 12.0. The number of sulfonamides is 1. The van der Waals surface area contributed by atoms with E-state index in [9.17, 15) is 23.1 Å². The van der Waals surface area contributed by atoms with E-state index in [1.165, 1.54) is 12.0 Å². The van der Waals surface area contributed by atoms with Gasteiger partial charge in [-0.25, -0.2) is 13.2 Å². The number of carbonyl (C=O) groups is 2. The molecule has 43 heavy (non-hydrogen) atoms. The Morgan fingerprint density at radius 2 is 1.49 bits per heavy atom. The summed E-state index contributed by atoms with van der Waals surface area (Å²) in [6.07, 6.45) is -0.431. The van der Waals surface area contributed by atoms with Crippen LogP contribution < -0.4 is 4.72 Å². The average molecular weight is 615 g/mol. The van der Waals surface area contributed by atoms with Crippen molar-refractivity contribution in [1.82, 2.24) is 14.5 Å². The Labute approximate surface area is 256 Å². The van der Waals surface area contributed by atoms with Gasteiger partial charge in [0.15, 0.2) is 0 Å². The molecular weight excluding hydrogens is 568 g/mol. The quantitative estimate of drug-likeness (QED) is 0.324. The van der Waals surface area contributed by atoms with E-state index >= 15 is 0 Å². The van der Waals surface area contributed by atoms with E-state index < -0.39 is 34.7 Å². The van der Waals surface area contributed by atoms with Gasteiger partial charge in [0.1, 0.15) is 6.04 Å². The Hall–Kier alpha value is -3.28. The van der Waals surface area contributed by atoms with Crippen LogP contribution in [0.4, 0.5) is 4.79 Å². The number of ether oxygens (including phenoxy) is 1. The number of nitrogens with one attached hydrogen (secondary N) is 2. The third-order valence-electron chi connectivity index (χ3n) is 7.84. The highest BCUT2D eigenvalue weighted by Gasteiger charge is 2.35. The van der Waals surface area contributed by atoms with E-state index in [1.807, 2.05) is 39.8 Å². The number of aliphatic hydroxyl groups excluding tert-OH is 1. The van der Waals surface area contributed by atoms with Gasteiger partial charge in [0, 0.05) is 26.2 Å². The largest absolute Gasteiger partial charge is 0.453 e. The number of amides is 2. The molecule has 236 valence electrons. The summed E-state index contributed by atoms with van der Waals surface area (Å²) in [6, 6.07) is 9.66. The Balaban J connectivity index is 2.06. The Kier molecular flexibility index (Phi) is 11.5. The van der Waals surface area contributed by atoms with E-state index in [0.717, 1.165) is 5.56 Å². The predicted molar refractivity (Wildman–Crippen MR) is 167 cm³/mol. The van der Waals surface area contributed by atoms with Crippen molar-refractivity contribution >= 4 is 27.7 Å². The fraction of sp³-hybridized carbons (Fsp3) is 0.531. The first-order chi connectivity index (χ1) is 20.2. The molecular formula is C32H46N4O6S. The summed E-state index contributed by atoms with van der Waals surface area (Å²) in [5, 5.41) is 17.5. The fourth-order valence-electron chi connectivity index (χ4n) is 5.30. The molecule has 1 aliphatic rings. The van der Waals surface area contributed by atoms with Crippen molar-refractivity contribution in [3.63, 3.8) is 0 Å². The van der Waals surface area contributed by atoms with Gasteiger partial charge in [-0.05, 0) is 58.1 Å². The summed E-state index contributed by atoms with van der Waals surface area (Å²) in [5.74, 6) is -0.344. The highest BCUT2D eigenvalue weighted by molar-refractivity contribution is 7.89. The van der Waals surface area contributed by atoms with Crippen LogP contribution in [0.2, 0.25) is 0 Å². The van der Waals surface area contributed by atoms with E-state index in [4.69, 9.17) is 10.1 Å².